The number of ether oxygens (including phenoxy) is 1. The van der Waals surface area contributed by atoms with Crippen molar-refractivity contribution in [3.05, 3.63) is 0 Å². The van der Waals surface area contributed by atoms with Gasteiger partial charge in [-0.25, -0.2) is 0 Å². The predicted octanol–water partition coefficient (Wildman–Crippen LogP) is 1.39. The highest BCUT2D eigenvalue weighted by Gasteiger charge is 2.36. The van der Waals surface area contributed by atoms with Gasteiger partial charge in [0.2, 0.25) is 11.8 Å². The van der Waals surface area contributed by atoms with E-state index >= 15 is 0 Å². The van der Waals surface area contributed by atoms with Crippen LogP contribution < -0.4 is 5.32 Å². The zero-order valence-corrected chi connectivity index (χ0v) is 9.91. The highest BCUT2D eigenvalue weighted by Crippen LogP contribution is 2.33. The molecule has 2 fully saturated rings. The van der Waals surface area contributed by atoms with Gasteiger partial charge in [0, 0.05) is 12.3 Å². The highest BCUT2D eigenvalue weighted by molar-refractivity contribution is 5.98. The summed E-state index contributed by atoms with van der Waals surface area (Å²) in [4.78, 5) is 22.6. The predicted molar refractivity (Wildman–Crippen MR) is 58.7 cm³/mol. The second-order valence-electron chi connectivity index (χ2n) is 5.42. The van der Waals surface area contributed by atoms with Crippen LogP contribution in [0.25, 0.3) is 0 Å². The Labute approximate surface area is 95.7 Å². The molecule has 2 aliphatic heterocycles. The summed E-state index contributed by atoms with van der Waals surface area (Å²) in [5, 5.41) is 2.39. The van der Waals surface area contributed by atoms with E-state index in [4.69, 9.17) is 4.74 Å². The first-order valence-corrected chi connectivity index (χ1v) is 5.98. The Morgan fingerprint density at radius 2 is 2.12 bits per heavy atom. The molecule has 0 spiro atoms. The van der Waals surface area contributed by atoms with Crippen molar-refractivity contribution in [3.63, 3.8) is 0 Å². The van der Waals surface area contributed by atoms with Gasteiger partial charge in [-0.3, -0.25) is 14.9 Å². The molecule has 2 rings (SSSR count). The van der Waals surface area contributed by atoms with Crippen molar-refractivity contribution in [2.75, 3.05) is 0 Å². The number of rotatable bonds is 2. The molecule has 2 heterocycles. The third-order valence-corrected chi connectivity index (χ3v) is 3.45. The summed E-state index contributed by atoms with van der Waals surface area (Å²) < 4.78 is 5.86. The van der Waals surface area contributed by atoms with Crippen molar-refractivity contribution in [1.82, 2.24) is 5.32 Å². The van der Waals surface area contributed by atoms with Crippen LogP contribution in [0.1, 0.15) is 46.0 Å². The molecule has 4 nitrogen and oxygen atoms in total. The maximum Gasteiger partial charge on any atom is 0.229 e. The van der Waals surface area contributed by atoms with Crippen LogP contribution in [-0.4, -0.2) is 23.5 Å². The number of hydrogen-bond acceptors (Lipinski definition) is 3. The molecule has 2 atom stereocenters. The molecule has 2 saturated heterocycles. The summed E-state index contributed by atoms with van der Waals surface area (Å²) in [6.45, 7) is 4.16. The number of carbonyl (C=O) groups is 2. The third kappa shape index (κ3) is 2.61. The lowest BCUT2D eigenvalue weighted by molar-refractivity contribution is -0.137. The number of hydrogen-bond donors (Lipinski definition) is 1. The quantitative estimate of drug-likeness (QED) is 0.722. The van der Waals surface area contributed by atoms with Gasteiger partial charge in [-0.1, -0.05) is 0 Å². The summed E-state index contributed by atoms with van der Waals surface area (Å²) >= 11 is 0. The number of imide groups is 1. The first-order chi connectivity index (χ1) is 7.46. The minimum Gasteiger partial charge on any atom is -0.372 e. The molecule has 0 aliphatic carbocycles. The molecule has 0 saturated carbocycles. The zero-order valence-electron chi connectivity index (χ0n) is 9.91. The Morgan fingerprint density at radius 1 is 1.38 bits per heavy atom. The topological polar surface area (TPSA) is 55.4 Å². The Balaban J connectivity index is 1.86. The first kappa shape index (κ1) is 11.6. The average Bonchev–Trinajstić information content (AvgIpc) is 2.51. The van der Waals surface area contributed by atoms with E-state index in [9.17, 15) is 9.59 Å². The van der Waals surface area contributed by atoms with Crippen molar-refractivity contribution in [2.24, 2.45) is 5.92 Å². The van der Waals surface area contributed by atoms with E-state index in [1.54, 1.807) is 0 Å². The molecule has 0 radical (unpaired) electrons. The van der Waals surface area contributed by atoms with E-state index in [2.05, 4.69) is 19.2 Å². The minimum absolute atomic E-state index is 0.0448. The van der Waals surface area contributed by atoms with E-state index in [1.165, 1.54) is 0 Å². The molecule has 2 unspecified atom stereocenters. The monoisotopic (exact) mass is 225 g/mol. The SMILES string of the molecule is CC1(C)CCC(CC2CCC(=O)NC2=O)O1. The highest BCUT2D eigenvalue weighted by atomic mass is 16.5. The lowest BCUT2D eigenvalue weighted by Gasteiger charge is -2.25. The van der Waals surface area contributed by atoms with Crippen molar-refractivity contribution in [2.45, 2.75) is 57.7 Å². The lowest BCUT2D eigenvalue weighted by atomic mass is 9.91. The fourth-order valence-electron chi connectivity index (χ4n) is 2.52. The molecule has 90 valence electrons. The van der Waals surface area contributed by atoms with Gasteiger partial charge in [0.25, 0.3) is 0 Å². The summed E-state index contributed by atoms with van der Waals surface area (Å²) in [7, 11) is 0. The number of nitrogens with one attached hydrogen (secondary N) is 1. The Kier molecular flexibility index (Phi) is 3.02. The summed E-state index contributed by atoms with van der Waals surface area (Å²) in [5.74, 6) is -0.310. The standard InChI is InChI=1S/C12H19NO3/c1-12(2)6-5-9(16-12)7-8-3-4-10(14)13-11(8)15/h8-9H,3-7H2,1-2H3,(H,13,14,15). The molecule has 0 aromatic heterocycles. The fourth-order valence-corrected chi connectivity index (χ4v) is 2.52. The van der Waals surface area contributed by atoms with E-state index in [0.29, 0.717) is 12.8 Å². The van der Waals surface area contributed by atoms with Gasteiger partial charge in [0.1, 0.15) is 0 Å². The van der Waals surface area contributed by atoms with Gasteiger partial charge in [-0.2, -0.15) is 0 Å². The van der Waals surface area contributed by atoms with Crippen molar-refractivity contribution in [1.29, 1.82) is 0 Å². The molecule has 2 amide bonds. The summed E-state index contributed by atoms with van der Waals surface area (Å²) in [6.07, 6.45) is 4.13. The van der Waals surface area contributed by atoms with E-state index in [0.717, 1.165) is 19.3 Å². The van der Waals surface area contributed by atoms with Crippen LogP contribution >= 0.6 is 0 Å². The van der Waals surface area contributed by atoms with Crippen LogP contribution in [0.3, 0.4) is 0 Å². The minimum atomic E-state index is -0.145. The Hall–Kier alpha value is -0.900. The third-order valence-electron chi connectivity index (χ3n) is 3.45. The second-order valence-corrected chi connectivity index (χ2v) is 5.42. The van der Waals surface area contributed by atoms with Gasteiger partial charge in [-0.15, -0.1) is 0 Å². The van der Waals surface area contributed by atoms with Gasteiger partial charge >= 0.3 is 0 Å². The van der Waals surface area contributed by atoms with Crippen molar-refractivity contribution < 1.29 is 14.3 Å². The molecule has 4 heteroatoms. The van der Waals surface area contributed by atoms with Crippen LogP contribution in [-0.2, 0) is 14.3 Å². The van der Waals surface area contributed by atoms with Gasteiger partial charge in [0.15, 0.2) is 0 Å². The Bertz CT molecular complexity index is 311. The maximum absolute atomic E-state index is 11.6. The van der Waals surface area contributed by atoms with Crippen LogP contribution in [0.15, 0.2) is 0 Å². The number of piperidine rings is 1. The molecule has 1 N–H and O–H groups in total. The molecule has 0 aromatic carbocycles. The molecule has 0 aromatic rings. The maximum atomic E-state index is 11.6. The van der Waals surface area contributed by atoms with Crippen LogP contribution in [0.4, 0.5) is 0 Å². The van der Waals surface area contributed by atoms with Gasteiger partial charge in [0.05, 0.1) is 11.7 Å². The molecular weight excluding hydrogens is 206 g/mol. The fraction of sp³-hybridized carbons (Fsp3) is 0.833. The molecule has 2 aliphatic rings. The normalized spacial score (nSPS) is 33.9. The summed E-state index contributed by atoms with van der Waals surface area (Å²) in [5.41, 5.74) is -0.0500. The number of carbonyl (C=O) groups excluding carboxylic acids is 2. The Morgan fingerprint density at radius 3 is 2.69 bits per heavy atom. The average molecular weight is 225 g/mol. The van der Waals surface area contributed by atoms with Gasteiger partial charge in [-0.05, 0) is 39.5 Å². The first-order valence-electron chi connectivity index (χ1n) is 5.98. The smallest absolute Gasteiger partial charge is 0.229 e. The molecule has 16 heavy (non-hydrogen) atoms. The van der Waals surface area contributed by atoms with E-state index in [1.807, 2.05) is 0 Å². The van der Waals surface area contributed by atoms with E-state index in [-0.39, 0.29) is 29.4 Å². The zero-order chi connectivity index (χ0) is 11.8. The largest absolute Gasteiger partial charge is 0.372 e. The summed E-state index contributed by atoms with van der Waals surface area (Å²) in [6, 6.07) is 0. The number of amides is 2. The lowest BCUT2D eigenvalue weighted by Crippen LogP contribution is -2.42. The van der Waals surface area contributed by atoms with Crippen molar-refractivity contribution in [3.8, 4) is 0 Å². The van der Waals surface area contributed by atoms with Crippen molar-refractivity contribution >= 4 is 11.8 Å². The second kappa shape index (κ2) is 4.17. The van der Waals surface area contributed by atoms with Gasteiger partial charge < -0.3 is 4.74 Å². The van der Waals surface area contributed by atoms with Crippen LogP contribution in [0.2, 0.25) is 0 Å². The van der Waals surface area contributed by atoms with Crippen LogP contribution in [0, 0.1) is 5.92 Å². The van der Waals surface area contributed by atoms with E-state index < -0.39 is 0 Å². The molecular formula is C12H19NO3. The van der Waals surface area contributed by atoms with Crippen LogP contribution in [0.5, 0.6) is 0 Å². The molecule has 0 bridgehead atoms.